The second-order valence-electron chi connectivity index (χ2n) is 5.64. The number of hydrogen-bond donors (Lipinski definition) is 2. The first kappa shape index (κ1) is 15.2. The van der Waals surface area contributed by atoms with Gasteiger partial charge in [-0.3, -0.25) is 0 Å². The average Bonchev–Trinajstić information content (AvgIpc) is 2.56. The highest BCUT2D eigenvalue weighted by Crippen LogP contribution is 2.19. The number of benzene rings is 2. The van der Waals surface area contributed by atoms with Crippen LogP contribution in [0.1, 0.15) is 18.1 Å². The Balaban J connectivity index is 1.56. The van der Waals surface area contributed by atoms with Crippen molar-refractivity contribution in [2.24, 2.45) is 0 Å². The maximum absolute atomic E-state index is 12.4. The highest BCUT2D eigenvalue weighted by molar-refractivity contribution is 5.74. The topological polar surface area (TPSA) is 61.8 Å². The average molecular weight is 312 g/mol. The Bertz CT molecular complexity index is 685. The minimum atomic E-state index is -0.454. The van der Waals surface area contributed by atoms with E-state index in [1.165, 1.54) is 11.1 Å². The van der Waals surface area contributed by atoms with E-state index in [1.807, 2.05) is 12.1 Å². The van der Waals surface area contributed by atoms with E-state index >= 15 is 0 Å². The molecular formula is C18H20N2O3. The van der Waals surface area contributed by atoms with Gasteiger partial charge in [-0.05, 0) is 48.7 Å². The predicted octanol–water partition coefficient (Wildman–Crippen LogP) is 2.88. The number of rotatable bonds is 3. The number of nitrogens with zero attached hydrogens (tertiary/aromatic N) is 1. The van der Waals surface area contributed by atoms with Gasteiger partial charge in [-0.25, -0.2) is 4.79 Å². The summed E-state index contributed by atoms with van der Waals surface area (Å²) < 4.78 is 5.63. The van der Waals surface area contributed by atoms with Crippen LogP contribution in [0.5, 0.6) is 11.5 Å². The van der Waals surface area contributed by atoms with Crippen LogP contribution in [0.3, 0.4) is 0 Å². The van der Waals surface area contributed by atoms with Gasteiger partial charge in [-0.1, -0.05) is 24.3 Å². The van der Waals surface area contributed by atoms with Crippen molar-refractivity contribution >= 4 is 6.03 Å². The fourth-order valence-corrected chi connectivity index (χ4v) is 2.69. The molecule has 1 unspecified atom stereocenters. The van der Waals surface area contributed by atoms with Gasteiger partial charge in [0.1, 0.15) is 11.5 Å². The Morgan fingerprint density at radius 2 is 1.87 bits per heavy atom. The molecule has 5 nitrogen and oxygen atoms in total. The van der Waals surface area contributed by atoms with E-state index in [9.17, 15) is 9.90 Å². The maximum atomic E-state index is 12.4. The summed E-state index contributed by atoms with van der Waals surface area (Å²) in [5.41, 5.74) is 2.51. The van der Waals surface area contributed by atoms with Crippen LogP contribution < -0.4 is 10.1 Å². The van der Waals surface area contributed by atoms with E-state index in [0.717, 1.165) is 6.42 Å². The minimum Gasteiger partial charge on any atom is -0.508 e. The van der Waals surface area contributed by atoms with E-state index in [1.54, 1.807) is 36.1 Å². The Labute approximate surface area is 135 Å². The van der Waals surface area contributed by atoms with Crippen LogP contribution in [-0.2, 0) is 13.0 Å². The summed E-state index contributed by atoms with van der Waals surface area (Å²) >= 11 is 0. The molecule has 0 fully saturated rings. The van der Waals surface area contributed by atoms with Gasteiger partial charge in [0.05, 0.1) is 0 Å². The first-order valence-electron chi connectivity index (χ1n) is 7.70. The van der Waals surface area contributed by atoms with Crippen LogP contribution in [0.25, 0.3) is 0 Å². The molecule has 1 heterocycles. The van der Waals surface area contributed by atoms with Gasteiger partial charge < -0.3 is 20.1 Å². The second kappa shape index (κ2) is 6.60. The van der Waals surface area contributed by atoms with Gasteiger partial charge in [0, 0.05) is 13.1 Å². The lowest BCUT2D eigenvalue weighted by Crippen LogP contribution is -2.47. The molecule has 0 saturated carbocycles. The highest BCUT2D eigenvalue weighted by atomic mass is 16.5. The fourth-order valence-electron chi connectivity index (χ4n) is 2.69. The SMILES string of the molecule is CC(NC(=O)N1CCc2ccccc2C1)Oc1ccc(O)cc1. The first-order chi connectivity index (χ1) is 11.1. The summed E-state index contributed by atoms with van der Waals surface area (Å²) in [5, 5.41) is 12.1. The molecule has 0 spiro atoms. The van der Waals surface area contributed by atoms with E-state index in [2.05, 4.69) is 17.4 Å². The number of aromatic hydroxyl groups is 1. The van der Waals surface area contributed by atoms with Crippen molar-refractivity contribution in [1.82, 2.24) is 10.2 Å². The van der Waals surface area contributed by atoms with Gasteiger partial charge >= 0.3 is 6.03 Å². The number of phenolic OH excluding ortho intramolecular Hbond substituents is 1. The summed E-state index contributed by atoms with van der Waals surface area (Å²) in [4.78, 5) is 14.1. The third-order valence-corrected chi connectivity index (χ3v) is 3.89. The van der Waals surface area contributed by atoms with Crippen molar-refractivity contribution in [1.29, 1.82) is 0 Å². The van der Waals surface area contributed by atoms with Crippen molar-refractivity contribution in [2.45, 2.75) is 26.1 Å². The van der Waals surface area contributed by atoms with Gasteiger partial charge in [0.25, 0.3) is 0 Å². The Morgan fingerprint density at radius 1 is 1.17 bits per heavy atom. The normalized spacial score (nSPS) is 14.7. The monoisotopic (exact) mass is 312 g/mol. The fraction of sp³-hybridized carbons (Fsp3) is 0.278. The van der Waals surface area contributed by atoms with Crippen molar-refractivity contribution in [3.63, 3.8) is 0 Å². The minimum absolute atomic E-state index is 0.134. The van der Waals surface area contributed by atoms with E-state index in [4.69, 9.17) is 4.74 Å². The van der Waals surface area contributed by atoms with Crippen LogP contribution in [0.15, 0.2) is 48.5 Å². The summed E-state index contributed by atoms with van der Waals surface area (Å²) in [6.45, 7) is 3.10. The van der Waals surface area contributed by atoms with Crippen LogP contribution >= 0.6 is 0 Å². The molecule has 2 N–H and O–H groups in total. The summed E-state index contributed by atoms with van der Waals surface area (Å²) in [7, 11) is 0. The molecular weight excluding hydrogens is 292 g/mol. The Hall–Kier alpha value is -2.69. The molecule has 0 saturated heterocycles. The maximum Gasteiger partial charge on any atom is 0.320 e. The number of nitrogens with one attached hydrogen (secondary N) is 1. The number of hydrogen-bond acceptors (Lipinski definition) is 3. The van der Waals surface area contributed by atoms with Gasteiger partial charge in [0.2, 0.25) is 0 Å². The first-order valence-corrected chi connectivity index (χ1v) is 7.70. The molecule has 2 aromatic rings. The van der Waals surface area contributed by atoms with E-state index in [0.29, 0.717) is 18.8 Å². The number of amides is 2. The number of carbonyl (C=O) groups excluding carboxylic acids is 1. The van der Waals surface area contributed by atoms with Gasteiger partial charge in [-0.2, -0.15) is 0 Å². The highest BCUT2D eigenvalue weighted by Gasteiger charge is 2.21. The third-order valence-electron chi connectivity index (χ3n) is 3.89. The van der Waals surface area contributed by atoms with Crippen molar-refractivity contribution in [2.75, 3.05) is 6.54 Å². The molecule has 3 rings (SSSR count). The third kappa shape index (κ3) is 3.74. The lowest BCUT2D eigenvalue weighted by Gasteiger charge is -2.30. The molecule has 120 valence electrons. The summed E-state index contributed by atoms with van der Waals surface area (Å²) in [6, 6.07) is 14.5. The van der Waals surface area contributed by atoms with Gasteiger partial charge in [-0.15, -0.1) is 0 Å². The predicted molar refractivity (Wildman–Crippen MR) is 87.3 cm³/mol. The quantitative estimate of drug-likeness (QED) is 0.857. The molecule has 0 radical (unpaired) electrons. The Morgan fingerprint density at radius 3 is 2.61 bits per heavy atom. The zero-order valence-corrected chi connectivity index (χ0v) is 13.0. The van der Waals surface area contributed by atoms with Crippen molar-refractivity contribution in [3.05, 3.63) is 59.7 Å². The van der Waals surface area contributed by atoms with Crippen LogP contribution in [-0.4, -0.2) is 28.8 Å². The number of carbonyl (C=O) groups is 1. The molecule has 0 aliphatic carbocycles. The summed E-state index contributed by atoms with van der Waals surface area (Å²) in [5.74, 6) is 0.778. The molecule has 2 aromatic carbocycles. The second-order valence-corrected chi connectivity index (χ2v) is 5.64. The number of fused-ring (bicyclic) bond motifs is 1. The number of phenols is 1. The lowest BCUT2D eigenvalue weighted by molar-refractivity contribution is 0.149. The van der Waals surface area contributed by atoms with Crippen molar-refractivity contribution in [3.8, 4) is 11.5 Å². The standard InChI is InChI=1S/C18H20N2O3/c1-13(23-17-8-6-16(21)7-9-17)19-18(22)20-11-10-14-4-2-3-5-15(14)12-20/h2-9,13,21H,10-12H2,1H3,(H,19,22). The molecule has 1 atom stereocenters. The van der Waals surface area contributed by atoms with Crippen LogP contribution in [0, 0.1) is 0 Å². The van der Waals surface area contributed by atoms with Crippen LogP contribution in [0.2, 0.25) is 0 Å². The summed E-state index contributed by atoms with van der Waals surface area (Å²) in [6.07, 6.45) is 0.417. The Kier molecular flexibility index (Phi) is 4.37. The molecule has 0 bridgehead atoms. The number of urea groups is 1. The zero-order valence-electron chi connectivity index (χ0n) is 13.0. The van der Waals surface area contributed by atoms with E-state index in [-0.39, 0.29) is 11.8 Å². The van der Waals surface area contributed by atoms with Crippen molar-refractivity contribution < 1.29 is 14.6 Å². The molecule has 23 heavy (non-hydrogen) atoms. The number of ether oxygens (including phenoxy) is 1. The molecule has 1 aliphatic rings. The largest absolute Gasteiger partial charge is 0.508 e. The van der Waals surface area contributed by atoms with Crippen LogP contribution in [0.4, 0.5) is 4.79 Å². The smallest absolute Gasteiger partial charge is 0.320 e. The molecule has 1 aliphatic heterocycles. The molecule has 2 amide bonds. The van der Waals surface area contributed by atoms with E-state index < -0.39 is 6.23 Å². The molecule has 0 aromatic heterocycles. The molecule has 5 heteroatoms. The zero-order chi connectivity index (χ0) is 16.2. The lowest BCUT2D eigenvalue weighted by atomic mass is 10.0. The van der Waals surface area contributed by atoms with Gasteiger partial charge in [0.15, 0.2) is 6.23 Å².